The highest BCUT2D eigenvalue weighted by Gasteiger charge is 2.09. The van der Waals surface area contributed by atoms with Crippen LogP contribution in [-0.2, 0) is 11.2 Å². The molecule has 1 amide bonds. The summed E-state index contributed by atoms with van der Waals surface area (Å²) in [4.78, 5) is 11.8. The molecule has 1 atom stereocenters. The summed E-state index contributed by atoms with van der Waals surface area (Å²) < 4.78 is 0. The van der Waals surface area contributed by atoms with Crippen LogP contribution in [0.15, 0.2) is 54.6 Å². The van der Waals surface area contributed by atoms with Gasteiger partial charge >= 0.3 is 0 Å². The number of nitrogens with two attached hydrogens (primary N) is 1. The molecule has 0 fully saturated rings. The lowest BCUT2D eigenvalue weighted by atomic mass is 10.0. The summed E-state index contributed by atoms with van der Waals surface area (Å²) >= 11 is 5.38. The molecule has 0 spiro atoms. The van der Waals surface area contributed by atoms with Crippen molar-refractivity contribution in [3.8, 4) is 0 Å². The van der Waals surface area contributed by atoms with Crippen molar-refractivity contribution in [2.75, 3.05) is 6.54 Å². The lowest BCUT2D eigenvalue weighted by molar-refractivity contribution is -0.119. The predicted molar refractivity (Wildman–Crippen MR) is 94.0 cm³/mol. The van der Waals surface area contributed by atoms with E-state index in [1.165, 1.54) is 11.1 Å². The first kappa shape index (κ1) is 16.3. The smallest absolute Gasteiger partial charge is 0.234 e. The van der Waals surface area contributed by atoms with Gasteiger partial charge in [0.2, 0.25) is 5.91 Å². The normalized spacial score (nSPS) is 11.9. The van der Waals surface area contributed by atoms with E-state index >= 15 is 0 Å². The Morgan fingerprint density at radius 3 is 2.27 bits per heavy atom. The maximum atomic E-state index is 11.0. The minimum Gasteiger partial charge on any atom is -0.368 e. The molecule has 0 saturated heterocycles. The minimum absolute atomic E-state index is 0.374. The van der Waals surface area contributed by atoms with Gasteiger partial charge in [0.05, 0.1) is 6.04 Å². The quantitative estimate of drug-likeness (QED) is 0.610. The first-order valence-electron chi connectivity index (χ1n) is 7.25. The molecule has 0 heterocycles. The standard InChI is InChI=1S/C18H20N2OS/c1-13(18(19)21)20-12-17(22)16-9-7-15(8-10-16)11-14-5-3-2-4-6-14/h2-10,13,20H,11-12H2,1H3,(H2,19,21). The molecule has 22 heavy (non-hydrogen) atoms. The van der Waals surface area contributed by atoms with Gasteiger partial charge in [0.15, 0.2) is 0 Å². The van der Waals surface area contributed by atoms with E-state index in [1.54, 1.807) is 6.92 Å². The number of benzene rings is 2. The molecule has 0 aromatic heterocycles. The molecule has 0 aliphatic heterocycles. The van der Waals surface area contributed by atoms with Gasteiger partial charge in [0.1, 0.15) is 0 Å². The van der Waals surface area contributed by atoms with Crippen LogP contribution in [-0.4, -0.2) is 23.4 Å². The third kappa shape index (κ3) is 4.76. The van der Waals surface area contributed by atoms with Crippen molar-refractivity contribution in [3.05, 3.63) is 71.3 Å². The minimum atomic E-state index is -0.379. The maximum Gasteiger partial charge on any atom is 0.234 e. The molecule has 3 N–H and O–H groups in total. The second-order valence-corrected chi connectivity index (χ2v) is 5.78. The molecule has 1 unspecified atom stereocenters. The van der Waals surface area contributed by atoms with E-state index in [4.69, 9.17) is 18.0 Å². The summed E-state index contributed by atoms with van der Waals surface area (Å²) in [6.45, 7) is 2.20. The number of amides is 1. The van der Waals surface area contributed by atoms with Crippen molar-refractivity contribution in [2.24, 2.45) is 5.73 Å². The van der Waals surface area contributed by atoms with E-state index in [1.807, 2.05) is 30.3 Å². The molecule has 0 bridgehead atoms. The Balaban J connectivity index is 1.94. The largest absolute Gasteiger partial charge is 0.368 e. The lowest BCUT2D eigenvalue weighted by Crippen LogP contribution is -2.41. The number of carbonyl (C=O) groups excluding carboxylic acids is 1. The van der Waals surface area contributed by atoms with Gasteiger partial charge < -0.3 is 11.1 Å². The van der Waals surface area contributed by atoms with E-state index in [9.17, 15) is 4.79 Å². The van der Waals surface area contributed by atoms with Gasteiger partial charge in [-0.25, -0.2) is 0 Å². The van der Waals surface area contributed by atoms with E-state index in [2.05, 4.69) is 29.6 Å². The van der Waals surface area contributed by atoms with Gasteiger partial charge in [0, 0.05) is 11.4 Å². The van der Waals surface area contributed by atoms with Crippen molar-refractivity contribution in [1.29, 1.82) is 0 Å². The summed E-state index contributed by atoms with van der Waals surface area (Å²) in [5, 5.41) is 3.02. The molecule has 2 aromatic rings. The van der Waals surface area contributed by atoms with E-state index < -0.39 is 0 Å². The molecule has 4 heteroatoms. The molecule has 114 valence electrons. The van der Waals surface area contributed by atoms with Gasteiger partial charge in [-0.1, -0.05) is 66.8 Å². The van der Waals surface area contributed by atoms with Gasteiger partial charge in [-0.05, 0) is 30.0 Å². The number of hydrogen-bond donors (Lipinski definition) is 2. The van der Waals surface area contributed by atoms with Crippen LogP contribution in [0.4, 0.5) is 0 Å². The Labute approximate surface area is 136 Å². The van der Waals surface area contributed by atoms with Gasteiger partial charge in [0.25, 0.3) is 0 Å². The fourth-order valence-electron chi connectivity index (χ4n) is 2.09. The predicted octanol–water partition coefficient (Wildman–Crippen LogP) is 2.46. The number of hydrogen-bond acceptors (Lipinski definition) is 3. The average molecular weight is 312 g/mol. The molecule has 2 aromatic carbocycles. The first-order valence-corrected chi connectivity index (χ1v) is 7.66. The van der Waals surface area contributed by atoms with Crippen LogP contribution >= 0.6 is 12.2 Å². The zero-order valence-corrected chi connectivity index (χ0v) is 13.4. The highest BCUT2D eigenvalue weighted by molar-refractivity contribution is 7.80. The van der Waals surface area contributed by atoms with Crippen LogP contribution in [0.25, 0.3) is 0 Å². The van der Waals surface area contributed by atoms with Crippen molar-refractivity contribution in [3.63, 3.8) is 0 Å². The molecule has 0 aliphatic rings. The van der Waals surface area contributed by atoms with Gasteiger partial charge in [-0.3, -0.25) is 4.79 Å². The van der Waals surface area contributed by atoms with Crippen LogP contribution in [0.3, 0.4) is 0 Å². The van der Waals surface area contributed by atoms with Crippen molar-refractivity contribution in [2.45, 2.75) is 19.4 Å². The monoisotopic (exact) mass is 312 g/mol. The summed E-state index contributed by atoms with van der Waals surface area (Å²) in [7, 11) is 0. The maximum absolute atomic E-state index is 11.0. The summed E-state index contributed by atoms with van der Waals surface area (Å²) in [5.74, 6) is -0.374. The van der Waals surface area contributed by atoms with Gasteiger partial charge in [-0.15, -0.1) is 0 Å². The Hall–Kier alpha value is -2.04. The molecular weight excluding hydrogens is 292 g/mol. The third-order valence-corrected chi connectivity index (χ3v) is 3.90. The topological polar surface area (TPSA) is 55.1 Å². The molecule has 2 rings (SSSR count). The summed E-state index contributed by atoms with van der Waals surface area (Å²) in [6.07, 6.45) is 0.908. The zero-order chi connectivity index (χ0) is 15.9. The molecule has 3 nitrogen and oxygen atoms in total. The van der Waals surface area contributed by atoms with Crippen LogP contribution in [0.5, 0.6) is 0 Å². The number of primary amides is 1. The van der Waals surface area contributed by atoms with Crippen molar-refractivity contribution in [1.82, 2.24) is 5.32 Å². The SMILES string of the molecule is CC(NCC(=S)c1ccc(Cc2ccccc2)cc1)C(N)=O. The Morgan fingerprint density at radius 2 is 1.68 bits per heavy atom. The number of thiocarbonyl (C=S) groups is 1. The molecule has 0 aliphatic carbocycles. The second kappa shape index (κ2) is 7.82. The van der Waals surface area contributed by atoms with E-state index in [-0.39, 0.29) is 11.9 Å². The molecule has 0 radical (unpaired) electrons. The van der Waals surface area contributed by atoms with Crippen LogP contribution < -0.4 is 11.1 Å². The van der Waals surface area contributed by atoms with Crippen molar-refractivity contribution < 1.29 is 4.79 Å². The fourth-order valence-corrected chi connectivity index (χ4v) is 2.31. The Morgan fingerprint density at radius 1 is 1.09 bits per heavy atom. The summed E-state index contributed by atoms with van der Waals surface area (Å²) in [6, 6.07) is 18.2. The van der Waals surface area contributed by atoms with E-state index in [0.717, 1.165) is 16.8 Å². The van der Waals surface area contributed by atoms with Crippen LogP contribution in [0.2, 0.25) is 0 Å². The molecule has 0 saturated carbocycles. The van der Waals surface area contributed by atoms with Crippen molar-refractivity contribution >= 4 is 23.0 Å². The lowest BCUT2D eigenvalue weighted by Gasteiger charge is -2.11. The number of carbonyl (C=O) groups is 1. The highest BCUT2D eigenvalue weighted by atomic mass is 32.1. The fraction of sp³-hybridized carbons (Fsp3) is 0.222. The average Bonchev–Trinajstić information content (AvgIpc) is 2.54. The second-order valence-electron chi connectivity index (χ2n) is 5.29. The number of rotatable bonds is 7. The Kier molecular flexibility index (Phi) is 5.81. The summed E-state index contributed by atoms with van der Waals surface area (Å²) in [5.41, 5.74) is 8.74. The Bertz CT molecular complexity index is 638. The van der Waals surface area contributed by atoms with Crippen LogP contribution in [0.1, 0.15) is 23.6 Å². The van der Waals surface area contributed by atoms with Crippen LogP contribution in [0, 0.1) is 0 Å². The third-order valence-electron chi connectivity index (χ3n) is 3.52. The highest BCUT2D eigenvalue weighted by Crippen LogP contribution is 2.11. The van der Waals surface area contributed by atoms with E-state index in [0.29, 0.717) is 6.54 Å². The molecular formula is C18H20N2OS. The number of nitrogens with one attached hydrogen (secondary N) is 1. The first-order chi connectivity index (χ1) is 10.6. The van der Waals surface area contributed by atoms with Gasteiger partial charge in [-0.2, -0.15) is 0 Å². The zero-order valence-electron chi connectivity index (χ0n) is 12.6.